The van der Waals surface area contributed by atoms with Crippen LogP contribution in [0.3, 0.4) is 0 Å². The van der Waals surface area contributed by atoms with Crippen molar-refractivity contribution in [3.05, 3.63) is 22.7 Å². The molecule has 0 bridgehead atoms. The van der Waals surface area contributed by atoms with E-state index in [1.54, 1.807) is 6.92 Å². The normalized spacial score (nSPS) is 12.1. The second-order valence-electron chi connectivity index (χ2n) is 4.70. The highest BCUT2D eigenvalue weighted by atomic mass is 35.5. The van der Waals surface area contributed by atoms with Crippen molar-refractivity contribution in [2.24, 2.45) is 5.92 Å². The number of benzene rings is 1. The first kappa shape index (κ1) is 15.3. The number of anilines is 1. The van der Waals surface area contributed by atoms with Crippen LogP contribution in [0.15, 0.2) is 17.0 Å². The predicted octanol–water partition coefficient (Wildman–Crippen LogP) is 2.56. The number of sulfonamides is 1. The molecule has 6 heteroatoms. The summed E-state index contributed by atoms with van der Waals surface area (Å²) in [6.07, 6.45) is 0.786. The Morgan fingerprint density at radius 3 is 2.50 bits per heavy atom. The van der Waals surface area contributed by atoms with Crippen LogP contribution in [-0.4, -0.2) is 15.0 Å². The van der Waals surface area contributed by atoms with Gasteiger partial charge in [0.15, 0.2) is 0 Å². The molecule has 0 unspecified atom stereocenters. The third-order valence-electron chi connectivity index (χ3n) is 2.68. The summed E-state index contributed by atoms with van der Waals surface area (Å²) in [7, 11) is -3.53. The van der Waals surface area contributed by atoms with Crippen LogP contribution in [0.5, 0.6) is 0 Å². The monoisotopic (exact) mass is 290 g/mol. The lowest BCUT2D eigenvalue weighted by Crippen LogP contribution is -2.25. The number of hydrogen-bond donors (Lipinski definition) is 2. The predicted molar refractivity (Wildman–Crippen MR) is 75.2 cm³/mol. The summed E-state index contributed by atoms with van der Waals surface area (Å²) in [5.74, 6) is 0.444. The lowest BCUT2D eigenvalue weighted by molar-refractivity contribution is 0.551. The molecule has 0 atom stereocenters. The molecule has 18 heavy (non-hydrogen) atoms. The second-order valence-corrected chi connectivity index (χ2v) is 6.87. The van der Waals surface area contributed by atoms with Gasteiger partial charge in [-0.15, -0.1) is 0 Å². The van der Waals surface area contributed by atoms with E-state index in [1.807, 2.05) is 13.8 Å². The van der Waals surface area contributed by atoms with Crippen LogP contribution >= 0.6 is 11.6 Å². The topological polar surface area (TPSA) is 72.2 Å². The van der Waals surface area contributed by atoms with Crippen molar-refractivity contribution in [3.8, 4) is 0 Å². The Balaban J connectivity index is 2.92. The first-order valence-corrected chi connectivity index (χ1v) is 7.65. The fourth-order valence-electron chi connectivity index (χ4n) is 1.39. The lowest BCUT2D eigenvalue weighted by Gasteiger charge is -2.10. The molecule has 1 aromatic carbocycles. The average molecular weight is 291 g/mol. The molecule has 0 aromatic heterocycles. The van der Waals surface area contributed by atoms with Crippen LogP contribution in [0.2, 0.25) is 5.02 Å². The van der Waals surface area contributed by atoms with Crippen LogP contribution in [0, 0.1) is 12.8 Å². The van der Waals surface area contributed by atoms with E-state index in [-0.39, 0.29) is 4.90 Å². The number of hydrogen-bond acceptors (Lipinski definition) is 3. The molecule has 0 amide bonds. The molecular weight excluding hydrogens is 272 g/mol. The molecule has 1 rings (SSSR count). The third-order valence-corrected chi connectivity index (χ3v) is 4.52. The number of rotatable bonds is 5. The molecule has 0 saturated heterocycles. The summed E-state index contributed by atoms with van der Waals surface area (Å²) in [4.78, 5) is 0.111. The molecule has 0 aliphatic rings. The van der Waals surface area contributed by atoms with Gasteiger partial charge in [-0.2, -0.15) is 0 Å². The van der Waals surface area contributed by atoms with Crippen molar-refractivity contribution < 1.29 is 8.42 Å². The highest BCUT2D eigenvalue weighted by Gasteiger charge is 2.16. The Kier molecular flexibility index (Phi) is 5.01. The Morgan fingerprint density at radius 2 is 2.00 bits per heavy atom. The number of nitrogens with two attached hydrogens (primary N) is 1. The van der Waals surface area contributed by atoms with E-state index < -0.39 is 10.0 Å². The Hall–Kier alpha value is -0.780. The van der Waals surface area contributed by atoms with E-state index in [0.717, 1.165) is 6.42 Å². The van der Waals surface area contributed by atoms with Gasteiger partial charge >= 0.3 is 0 Å². The zero-order chi connectivity index (χ0) is 13.9. The Bertz CT molecular complexity index is 504. The third kappa shape index (κ3) is 3.86. The summed E-state index contributed by atoms with van der Waals surface area (Å²) in [6, 6.07) is 2.85. The molecule has 0 radical (unpaired) electrons. The van der Waals surface area contributed by atoms with Crippen LogP contribution in [0.4, 0.5) is 5.69 Å². The second kappa shape index (κ2) is 5.91. The molecule has 102 valence electrons. The van der Waals surface area contributed by atoms with E-state index in [2.05, 4.69) is 4.72 Å². The van der Waals surface area contributed by atoms with Crippen LogP contribution in [0.25, 0.3) is 0 Å². The van der Waals surface area contributed by atoms with Crippen molar-refractivity contribution in [1.29, 1.82) is 0 Å². The molecule has 0 heterocycles. The van der Waals surface area contributed by atoms with Crippen molar-refractivity contribution >= 4 is 27.3 Å². The summed E-state index contributed by atoms with van der Waals surface area (Å²) < 4.78 is 26.5. The van der Waals surface area contributed by atoms with Gasteiger partial charge in [0.05, 0.1) is 4.90 Å². The van der Waals surface area contributed by atoms with Gasteiger partial charge in [-0.05, 0) is 37.0 Å². The van der Waals surface area contributed by atoms with Gasteiger partial charge in [0.1, 0.15) is 0 Å². The molecule has 0 fully saturated rings. The summed E-state index contributed by atoms with van der Waals surface area (Å²) in [6.45, 7) is 6.23. The smallest absolute Gasteiger partial charge is 0.240 e. The van der Waals surface area contributed by atoms with E-state index >= 15 is 0 Å². The van der Waals surface area contributed by atoms with Gasteiger partial charge in [0, 0.05) is 17.3 Å². The van der Waals surface area contributed by atoms with Crippen molar-refractivity contribution in [2.45, 2.75) is 32.1 Å². The molecule has 0 aliphatic carbocycles. The molecule has 0 aliphatic heterocycles. The van der Waals surface area contributed by atoms with Gasteiger partial charge in [0.25, 0.3) is 0 Å². The number of halogens is 1. The van der Waals surface area contributed by atoms with Gasteiger partial charge < -0.3 is 5.73 Å². The van der Waals surface area contributed by atoms with Crippen molar-refractivity contribution in [2.75, 3.05) is 12.3 Å². The van der Waals surface area contributed by atoms with E-state index in [0.29, 0.717) is 28.7 Å². The molecule has 0 spiro atoms. The van der Waals surface area contributed by atoms with Gasteiger partial charge in [0.2, 0.25) is 10.0 Å². The largest absolute Gasteiger partial charge is 0.398 e. The van der Waals surface area contributed by atoms with Crippen molar-refractivity contribution in [1.82, 2.24) is 4.72 Å². The van der Waals surface area contributed by atoms with Gasteiger partial charge in [-0.25, -0.2) is 13.1 Å². The van der Waals surface area contributed by atoms with Crippen LogP contribution in [-0.2, 0) is 10.0 Å². The SMILES string of the molecule is Cc1c(N)cc(S(=O)(=O)NCCC(C)C)cc1Cl. The zero-order valence-corrected chi connectivity index (χ0v) is 12.4. The van der Waals surface area contributed by atoms with Crippen molar-refractivity contribution in [3.63, 3.8) is 0 Å². The highest BCUT2D eigenvalue weighted by Crippen LogP contribution is 2.25. The average Bonchev–Trinajstić information content (AvgIpc) is 2.24. The van der Waals surface area contributed by atoms with Crippen LogP contribution < -0.4 is 10.5 Å². The van der Waals surface area contributed by atoms with E-state index in [4.69, 9.17) is 17.3 Å². The first-order chi connectivity index (χ1) is 8.24. The number of nitrogen functional groups attached to an aromatic ring is 1. The fourth-order valence-corrected chi connectivity index (χ4v) is 2.79. The lowest BCUT2D eigenvalue weighted by atomic mass is 10.1. The fraction of sp³-hybridized carbons (Fsp3) is 0.500. The van der Waals surface area contributed by atoms with E-state index in [9.17, 15) is 8.42 Å². The van der Waals surface area contributed by atoms with Gasteiger partial charge in [-0.3, -0.25) is 0 Å². The highest BCUT2D eigenvalue weighted by molar-refractivity contribution is 7.89. The minimum atomic E-state index is -3.53. The zero-order valence-electron chi connectivity index (χ0n) is 10.8. The quantitative estimate of drug-likeness (QED) is 0.819. The Labute approximate surface area is 114 Å². The number of nitrogens with one attached hydrogen (secondary N) is 1. The summed E-state index contributed by atoms with van der Waals surface area (Å²) in [5, 5.41) is 0.360. The maximum Gasteiger partial charge on any atom is 0.240 e. The maximum atomic E-state index is 12.0. The summed E-state index contributed by atoms with van der Waals surface area (Å²) >= 11 is 5.94. The maximum absolute atomic E-state index is 12.0. The van der Waals surface area contributed by atoms with Gasteiger partial charge in [-0.1, -0.05) is 25.4 Å². The summed E-state index contributed by atoms with van der Waals surface area (Å²) in [5.41, 5.74) is 6.79. The first-order valence-electron chi connectivity index (χ1n) is 5.79. The standard InChI is InChI=1S/C12H19ClN2O2S/c1-8(2)4-5-15-18(16,17)10-6-11(13)9(3)12(14)7-10/h6-8,15H,4-5,14H2,1-3H3. The minimum Gasteiger partial charge on any atom is -0.398 e. The molecule has 0 saturated carbocycles. The Morgan fingerprint density at radius 1 is 1.39 bits per heavy atom. The molecule has 3 N–H and O–H groups in total. The molecule has 4 nitrogen and oxygen atoms in total. The minimum absolute atomic E-state index is 0.111. The molecule has 1 aromatic rings. The van der Waals surface area contributed by atoms with Crippen LogP contribution in [0.1, 0.15) is 25.8 Å². The molecular formula is C12H19ClN2O2S. The van der Waals surface area contributed by atoms with E-state index in [1.165, 1.54) is 12.1 Å².